The first-order chi connectivity index (χ1) is 9.77. The minimum atomic E-state index is 0.638. The maximum Gasteiger partial charge on any atom is 0.0366 e. The topological polar surface area (TPSA) is 15.3 Å². The molecule has 0 radical (unpaired) electrons. The molecule has 1 N–H and O–H groups in total. The van der Waals surface area contributed by atoms with Gasteiger partial charge in [-0.2, -0.15) is 0 Å². The van der Waals surface area contributed by atoms with Crippen molar-refractivity contribution < 1.29 is 0 Å². The fraction of sp³-hybridized carbons (Fsp3) is 0.667. The minimum Gasteiger partial charge on any atom is -0.372 e. The Labute approximate surface area is 125 Å². The fourth-order valence-corrected chi connectivity index (χ4v) is 2.44. The number of unbranched alkanes of at least 4 members (excludes halogenated alkanes) is 1. The van der Waals surface area contributed by atoms with Gasteiger partial charge in [0.15, 0.2) is 0 Å². The Balaban J connectivity index is 2.37. The van der Waals surface area contributed by atoms with Crippen molar-refractivity contribution in [3.8, 4) is 0 Å². The van der Waals surface area contributed by atoms with Gasteiger partial charge in [0.2, 0.25) is 0 Å². The summed E-state index contributed by atoms with van der Waals surface area (Å²) in [7, 11) is 0. The summed E-state index contributed by atoms with van der Waals surface area (Å²) >= 11 is 0. The smallest absolute Gasteiger partial charge is 0.0366 e. The van der Waals surface area contributed by atoms with Crippen LogP contribution in [-0.2, 0) is 0 Å². The van der Waals surface area contributed by atoms with Gasteiger partial charge < -0.3 is 10.2 Å². The van der Waals surface area contributed by atoms with Crippen molar-refractivity contribution in [2.45, 2.75) is 58.9 Å². The molecule has 0 aromatic heterocycles. The van der Waals surface area contributed by atoms with Crippen LogP contribution in [0.2, 0.25) is 0 Å². The molecular formula is C18H32N2. The van der Waals surface area contributed by atoms with Crippen LogP contribution in [0.4, 0.5) is 5.69 Å². The maximum atomic E-state index is 3.57. The Bertz CT molecular complexity index is 323. The third-order valence-electron chi connectivity index (χ3n) is 3.71. The highest BCUT2D eigenvalue weighted by molar-refractivity contribution is 5.45. The van der Waals surface area contributed by atoms with E-state index in [0.29, 0.717) is 6.04 Å². The van der Waals surface area contributed by atoms with Gasteiger partial charge in [-0.25, -0.2) is 0 Å². The Kier molecular flexibility index (Phi) is 9.14. The van der Waals surface area contributed by atoms with Crippen molar-refractivity contribution in [3.63, 3.8) is 0 Å². The third kappa shape index (κ3) is 6.95. The minimum absolute atomic E-state index is 0.638. The fourth-order valence-electron chi connectivity index (χ4n) is 2.44. The van der Waals surface area contributed by atoms with Crippen molar-refractivity contribution in [1.82, 2.24) is 5.32 Å². The molecule has 0 amide bonds. The van der Waals surface area contributed by atoms with Crippen molar-refractivity contribution in [2.24, 2.45) is 0 Å². The van der Waals surface area contributed by atoms with Crippen LogP contribution in [0.3, 0.4) is 0 Å². The molecule has 1 aromatic rings. The second-order valence-electron chi connectivity index (χ2n) is 5.67. The number of benzene rings is 1. The summed E-state index contributed by atoms with van der Waals surface area (Å²) in [5, 5.41) is 3.57. The average molecular weight is 276 g/mol. The Hall–Kier alpha value is -1.02. The molecule has 2 heteroatoms. The highest BCUT2D eigenvalue weighted by Gasteiger charge is 2.07. The molecule has 0 heterocycles. The third-order valence-corrected chi connectivity index (χ3v) is 3.71. The lowest BCUT2D eigenvalue weighted by molar-refractivity contribution is 0.495. The van der Waals surface area contributed by atoms with Crippen molar-refractivity contribution >= 4 is 5.69 Å². The van der Waals surface area contributed by atoms with Gasteiger partial charge in [0.05, 0.1) is 0 Å². The Morgan fingerprint density at radius 1 is 1.00 bits per heavy atom. The molecule has 0 spiro atoms. The monoisotopic (exact) mass is 276 g/mol. The van der Waals surface area contributed by atoms with Gasteiger partial charge in [-0.15, -0.1) is 0 Å². The Morgan fingerprint density at radius 2 is 1.70 bits per heavy atom. The van der Waals surface area contributed by atoms with Gasteiger partial charge >= 0.3 is 0 Å². The first kappa shape index (κ1) is 17.0. The highest BCUT2D eigenvalue weighted by atomic mass is 15.1. The highest BCUT2D eigenvalue weighted by Crippen LogP contribution is 2.15. The molecule has 0 bridgehead atoms. The van der Waals surface area contributed by atoms with Gasteiger partial charge in [0.1, 0.15) is 0 Å². The van der Waals surface area contributed by atoms with E-state index < -0.39 is 0 Å². The summed E-state index contributed by atoms with van der Waals surface area (Å²) in [6, 6.07) is 11.5. The average Bonchev–Trinajstić information content (AvgIpc) is 2.49. The van der Waals surface area contributed by atoms with E-state index in [-0.39, 0.29) is 0 Å². The van der Waals surface area contributed by atoms with E-state index in [4.69, 9.17) is 0 Å². The van der Waals surface area contributed by atoms with E-state index >= 15 is 0 Å². The van der Waals surface area contributed by atoms with Crippen LogP contribution < -0.4 is 10.2 Å². The summed E-state index contributed by atoms with van der Waals surface area (Å²) in [4.78, 5) is 2.54. The van der Waals surface area contributed by atoms with Crippen LogP contribution in [0.25, 0.3) is 0 Å². The van der Waals surface area contributed by atoms with E-state index in [1.54, 1.807) is 0 Å². The summed E-state index contributed by atoms with van der Waals surface area (Å²) in [5.41, 5.74) is 1.37. The number of hydrogen-bond donors (Lipinski definition) is 1. The number of para-hydroxylation sites is 1. The van der Waals surface area contributed by atoms with Gasteiger partial charge in [0, 0.05) is 24.8 Å². The second-order valence-corrected chi connectivity index (χ2v) is 5.67. The lowest BCUT2D eigenvalue weighted by Gasteiger charge is -2.25. The molecule has 0 aliphatic carbocycles. The quantitative estimate of drug-likeness (QED) is 0.642. The van der Waals surface area contributed by atoms with Crippen molar-refractivity contribution in [1.29, 1.82) is 0 Å². The lowest BCUT2D eigenvalue weighted by Crippen LogP contribution is -2.30. The van der Waals surface area contributed by atoms with Crippen LogP contribution >= 0.6 is 0 Å². The number of hydrogen-bond acceptors (Lipinski definition) is 2. The van der Waals surface area contributed by atoms with Crippen LogP contribution in [0.1, 0.15) is 52.9 Å². The number of nitrogens with zero attached hydrogens (tertiary/aromatic N) is 1. The molecule has 2 nitrogen and oxygen atoms in total. The molecule has 1 unspecified atom stereocenters. The normalized spacial score (nSPS) is 12.3. The molecular weight excluding hydrogens is 244 g/mol. The molecule has 1 atom stereocenters. The van der Waals surface area contributed by atoms with Crippen molar-refractivity contribution in [2.75, 3.05) is 24.5 Å². The molecule has 1 rings (SSSR count). The summed E-state index contributed by atoms with van der Waals surface area (Å²) < 4.78 is 0. The standard InChI is InChI=1S/C18H32N2/c1-4-6-15-20(18-12-8-7-9-13-18)16-10-11-17(3)19-14-5-2/h7-9,12-13,17,19H,4-6,10-11,14-16H2,1-3H3. The first-order valence-corrected chi connectivity index (χ1v) is 8.31. The van der Waals surface area contributed by atoms with Gasteiger partial charge in [0.25, 0.3) is 0 Å². The molecule has 1 aromatic carbocycles. The zero-order valence-electron chi connectivity index (χ0n) is 13.6. The zero-order valence-corrected chi connectivity index (χ0v) is 13.6. The van der Waals surface area contributed by atoms with Gasteiger partial charge in [-0.3, -0.25) is 0 Å². The predicted molar refractivity (Wildman–Crippen MR) is 90.6 cm³/mol. The largest absolute Gasteiger partial charge is 0.372 e. The molecule has 20 heavy (non-hydrogen) atoms. The molecule has 0 aliphatic heterocycles. The summed E-state index contributed by atoms with van der Waals surface area (Å²) in [5.74, 6) is 0. The van der Waals surface area contributed by atoms with E-state index in [0.717, 1.165) is 6.54 Å². The summed E-state index contributed by atoms with van der Waals surface area (Å²) in [6.07, 6.45) is 6.28. The molecule has 114 valence electrons. The van der Waals surface area contributed by atoms with Crippen LogP contribution in [0, 0.1) is 0 Å². The number of rotatable bonds is 11. The van der Waals surface area contributed by atoms with Crippen LogP contribution in [0.5, 0.6) is 0 Å². The van der Waals surface area contributed by atoms with E-state index in [2.05, 4.69) is 61.3 Å². The Morgan fingerprint density at radius 3 is 2.35 bits per heavy atom. The number of nitrogens with one attached hydrogen (secondary N) is 1. The van der Waals surface area contributed by atoms with E-state index in [1.807, 2.05) is 0 Å². The van der Waals surface area contributed by atoms with Crippen LogP contribution in [-0.4, -0.2) is 25.7 Å². The van der Waals surface area contributed by atoms with Gasteiger partial charge in [-0.05, 0) is 51.3 Å². The molecule has 0 saturated heterocycles. The van der Waals surface area contributed by atoms with Gasteiger partial charge in [-0.1, -0.05) is 38.5 Å². The molecule has 0 aliphatic rings. The van der Waals surface area contributed by atoms with Crippen molar-refractivity contribution in [3.05, 3.63) is 30.3 Å². The maximum absolute atomic E-state index is 3.57. The molecule has 0 fully saturated rings. The number of anilines is 1. The first-order valence-electron chi connectivity index (χ1n) is 8.31. The predicted octanol–water partition coefficient (Wildman–Crippen LogP) is 4.46. The second kappa shape index (κ2) is 10.7. The molecule has 0 saturated carbocycles. The van der Waals surface area contributed by atoms with Crippen LogP contribution in [0.15, 0.2) is 30.3 Å². The van der Waals surface area contributed by atoms with E-state index in [9.17, 15) is 0 Å². The SMILES string of the molecule is CCCCN(CCCC(C)NCCC)c1ccccc1. The zero-order chi connectivity index (χ0) is 14.6. The summed E-state index contributed by atoms with van der Waals surface area (Å²) in [6.45, 7) is 10.3. The lowest BCUT2D eigenvalue weighted by atomic mass is 10.1. The van der Waals surface area contributed by atoms with E-state index in [1.165, 1.54) is 50.9 Å².